The largest absolute Gasteiger partial charge is 0.382 e. The molecular weight excluding hydrogens is 252 g/mol. The molecule has 1 aliphatic heterocycles. The third kappa shape index (κ3) is 2.56. The maximum Gasteiger partial charge on any atom is 0.268 e. The molecule has 1 unspecified atom stereocenters. The Morgan fingerprint density at radius 2 is 2.50 bits per heavy atom. The summed E-state index contributed by atoms with van der Waals surface area (Å²) in [6, 6.07) is 0. The predicted molar refractivity (Wildman–Crippen MR) is 72.0 cm³/mol. The molecule has 1 fully saturated rings. The Balaban J connectivity index is 2.12. The molecule has 7 heteroatoms. The van der Waals surface area contributed by atoms with E-state index in [-0.39, 0.29) is 12.0 Å². The number of morpholine rings is 1. The number of aromatic nitrogens is 1. The lowest BCUT2D eigenvalue weighted by Gasteiger charge is -2.32. The van der Waals surface area contributed by atoms with Gasteiger partial charge in [-0.1, -0.05) is 18.3 Å². The van der Waals surface area contributed by atoms with Gasteiger partial charge in [-0.05, 0) is 6.42 Å². The van der Waals surface area contributed by atoms with Gasteiger partial charge in [0.25, 0.3) is 5.91 Å². The molecule has 2 rings (SSSR count). The van der Waals surface area contributed by atoms with Crippen molar-refractivity contribution >= 4 is 28.2 Å². The number of nitrogens with two attached hydrogens (primary N) is 1. The van der Waals surface area contributed by atoms with Crippen LogP contribution in [0, 0.1) is 0 Å². The molecule has 1 aliphatic rings. The Hall–Kier alpha value is -1.34. The maximum absolute atomic E-state index is 12.3. The molecule has 3 N–H and O–H groups in total. The Kier molecular flexibility index (Phi) is 4.03. The molecule has 0 bridgehead atoms. The van der Waals surface area contributed by atoms with E-state index in [2.05, 4.69) is 17.2 Å². The van der Waals surface area contributed by atoms with E-state index >= 15 is 0 Å². The molecule has 6 nitrogen and oxygen atoms in total. The highest BCUT2D eigenvalue weighted by Crippen LogP contribution is 2.26. The van der Waals surface area contributed by atoms with E-state index in [1.807, 2.05) is 0 Å². The van der Waals surface area contributed by atoms with Gasteiger partial charge in [-0.15, -0.1) is 0 Å². The molecule has 18 heavy (non-hydrogen) atoms. The fourth-order valence-corrected chi connectivity index (χ4v) is 2.69. The van der Waals surface area contributed by atoms with E-state index < -0.39 is 0 Å². The third-order valence-electron chi connectivity index (χ3n) is 2.94. The lowest BCUT2D eigenvalue weighted by atomic mass is 10.2. The minimum Gasteiger partial charge on any atom is -0.382 e. The average molecular weight is 270 g/mol. The number of hydrogen-bond donors (Lipinski definition) is 2. The van der Waals surface area contributed by atoms with Crippen molar-refractivity contribution in [3.8, 4) is 0 Å². The second kappa shape index (κ2) is 5.53. The number of nitrogens with zero attached hydrogens (tertiary/aromatic N) is 2. The Morgan fingerprint density at radius 3 is 3.11 bits per heavy atom. The van der Waals surface area contributed by atoms with Gasteiger partial charge in [-0.3, -0.25) is 4.79 Å². The topological polar surface area (TPSA) is 80.5 Å². The molecule has 1 atom stereocenters. The van der Waals surface area contributed by atoms with Crippen molar-refractivity contribution in [3.05, 3.63) is 4.88 Å². The van der Waals surface area contributed by atoms with Crippen LogP contribution >= 0.6 is 11.3 Å². The molecule has 1 aromatic rings. The molecule has 0 radical (unpaired) electrons. The third-order valence-corrected chi connectivity index (χ3v) is 4.02. The minimum absolute atomic E-state index is 0.0479. The molecule has 100 valence electrons. The maximum atomic E-state index is 12.3. The summed E-state index contributed by atoms with van der Waals surface area (Å²) < 4.78 is 5.55. The van der Waals surface area contributed by atoms with Crippen LogP contribution in [0.3, 0.4) is 0 Å². The number of nitrogens with one attached hydrogen (secondary N) is 1. The second-order valence-corrected chi connectivity index (χ2v) is 5.13. The molecule has 2 heterocycles. The first-order chi connectivity index (χ1) is 8.65. The van der Waals surface area contributed by atoms with Gasteiger partial charge in [-0.2, -0.15) is 0 Å². The SMILES string of the molecule is CCC1CN(C(=O)c2sc(NC)nc2N)CCO1. The zero-order chi connectivity index (χ0) is 13.1. The van der Waals surface area contributed by atoms with Crippen molar-refractivity contribution in [3.63, 3.8) is 0 Å². The van der Waals surface area contributed by atoms with Crippen LogP contribution in [0.2, 0.25) is 0 Å². The number of nitrogen functional groups attached to an aromatic ring is 1. The predicted octanol–water partition coefficient (Wildman–Crippen LogP) is 1.02. The smallest absolute Gasteiger partial charge is 0.268 e. The average Bonchev–Trinajstić information content (AvgIpc) is 2.79. The van der Waals surface area contributed by atoms with Crippen LogP contribution in [0.1, 0.15) is 23.0 Å². The number of rotatable bonds is 3. The number of carbonyl (C=O) groups excluding carboxylic acids is 1. The second-order valence-electron chi connectivity index (χ2n) is 4.14. The summed E-state index contributed by atoms with van der Waals surface area (Å²) in [6.45, 7) is 3.88. The van der Waals surface area contributed by atoms with Gasteiger partial charge in [0, 0.05) is 20.1 Å². The highest BCUT2D eigenvalue weighted by Gasteiger charge is 2.27. The molecule has 0 aliphatic carbocycles. The van der Waals surface area contributed by atoms with E-state index in [4.69, 9.17) is 10.5 Å². The number of hydrogen-bond acceptors (Lipinski definition) is 6. The number of ether oxygens (including phenoxy) is 1. The number of carbonyl (C=O) groups is 1. The lowest BCUT2D eigenvalue weighted by molar-refractivity contribution is -0.0224. The summed E-state index contributed by atoms with van der Waals surface area (Å²) >= 11 is 1.29. The summed E-state index contributed by atoms with van der Waals surface area (Å²) in [4.78, 5) is 18.7. The quantitative estimate of drug-likeness (QED) is 0.857. The molecule has 0 saturated carbocycles. The van der Waals surface area contributed by atoms with E-state index in [9.17, 15) is 4.79 Å². The summed E-state index contributed by atoms with van der Waals surface area (Å²) in [5, 5.41) is 3.56. The van der Waals surface area contributed by atoms with Crippen molar-refractivity contribution in [1.29, 1.82) is 0 Å². The highest BCUT2D eigenvalue weighted by atomic mass is 32.1. The first-order valence-corrected chi connectivity index (χ1v) is 6.82. The summed E-state index contributed by atoms with van der Waals surface area (Å²) in [7, 11) is 1.76. The minimum atomic E-state index is -0.0479. The van der Waals surface area contributed by atoms with E-state index in [1.54, 1.807) is 11.9 Å². The molecule has 0 spiro atoms. The fourth-order valence-electron chi connectivity index (χ4n) is 1.89. The van der Waals surface area contributed by atoms with Crippen molar-refractivity contribution in [2.75, 3.05) is 37.8 Å². The van der Waals surface area contributed by atoms with Gasteiger partial charge < -0.3 is 20.7 Å². The van der Waals surface area contributed by atoms with Crippen LogP contribution in [0.4, 0.5) is 10.9 Å². The van der Waals surface area contributed by atoms with E-state index in [0.717, 1.165) is 6.42 Å². The number of amides is 1. The Labute approximate surface area is 110 Å². The van der Waals surface area contributed by atoms with E-state index in [1.165, 1.54) is 11.3 Å². The van der Waals surface area contributed by atoms with Crippen LogP contribution < -0.4 is 11.1 Å². The van der Waals surface area contributed by atoms with Crippen LogP contribution in [0.5, 0.6) is 0 Å². The molecular formula is C11H18N4O2S. The zero-order valence-electron chi connectivity index (χ0n) is 10.6. The first-order valence-electron chi connectivity index (χ1n) is 6.00. The summed E-state index contributed by atoms with van der Waals surface area (Å²) in [5.74, 6) is 0.252. The monoisotopic (exact) mass is 270 g/mol. The molecule has 0 aromatic carbocycles. The van der Waals surface area contributed by atoms with Crippen molar-refractivity contribution in [2.24, 2.45) is 0 Å². The molecule has 1 saturated heterocycles. The molecule has 1 amide bonds. The molecule has 1 aromatic heterocycles. The van der Waals surface area contributed by atoms with Crippen LogP contribution in [-0.4, -0.2) is 48.6 Å². The van der Waals surface area contributed by atoms with Gasteiger partial charge in [0.1, 0.15) is 10.7 Å². The number of thiazole rings is 1. The van der Waals surface area contributed by atoms with Gasteiger partial charge in [0.15, 0.2) is 5.13 Å². The Bertz CT molecular complexity index is 435. The normalized spacial score (nSPS) is 19.9. The number of anilines is 2. The zero-order valence-corrected chi connectivity index (χ0v) is 11.4. The van der Waals surface area contributed by atoms with Crippen LogP contribution in [0.15, 0.2) is 0 Å². The lowest BCUT2D eigenvalue weighted by Crippen LogP contribution is -2.45. The van der Waals surface area contributed by atoms with Crippen molar-refractivity contribution in [1.82, 2.24) is 9.88 Å². The summed E-state index contributed by atoms with van der Waals surface area (Å²) in [5.41, 5.74) is 5.77. The van der Waals surface area contributed by atoms with Crippen molar-refractivity contribution in [2.45, 2.75) is 19.4 Å². The summed E-state index contributed by atoms with van der Waals surface area (Å²) in [6.07, 6.45) is 1.03. The van der Waals surface area contributed by atoms with Gasteiger partial charge in [0.05, 0.1) is 12.7 Å². The van der Waals surface area contributed by atoms with Gasteiger partial charge in [0.2, 0.25) is 0 Å². The standard InChI is InChI=1S/C11H18N4O2S/c1-3-7-6-15(4-5-17-7)10(16)8-9(12)14-11(13-2)18-8/h7H,3-6,12H2,1-2H3,(H,13,14). The van der Waals surface area contributed by atoms with E-state index in [0.29, 0.717) is 35.5 Å². The van der Waals surface area contributed by atoms with Gasteiger partial charge >= 0.3 is 0 Å². The van der Waals surface area contributed by atoms with Crippen LogP contribution in [0.25, 0.3) is 0 Å². The van der Waals surface area contributed by atoms with Crippen molar-refractivity contribution < 1.29 is 9.53 Å². The highest BCUT2D eigenvalue weighted by molar-refractivity contribution is 7.18. The van der Waals surface area contributed by atoms with Gasteiger partial charge in [-0.25, -0.2) is 4.98 Å². The first kappa shape index (κ1) is 13.1. The Morgan fingerprint density at radius 1 is 1.72 bits per heavy atom. The van der Waals surface area contributed by atoms with Crippen LogP contribution in [-0.2, 0) is 4.74 Å². The fraction of sp³-hybridized carbons (Fsp3) is 0.636.